The minimum atomic E-state index is -4.87. The van der Waals surface area contributed by atoms with Crippen LogP contribution in [0.5, 0.6) is 5.75 Å². The second-order valence-electron chi connectivity index (χ2n) is 5.89. The van der Waals surface area contributed by atoms with Crippen molar-refractivity contribution in [1.82, 2.24) is 9.97 Å². The van der Waals surface area contributed by atoms with Crippen molar-refractivity contribution in [1.29, 1.82) is 5.41 Å². The molecule has 0 aliphatic heterocycles. The summed E-state index contributed by atoms with van der Waals surface area (Å²) >= 11 is 0. The molecule has 150 valence electrons. The molecule has 0 saturated carbocycles. The predicted molar refractivity (Wildman–Crippen MR) is 98.4 cm³/mol. The molecular weight excluding hydrogens is 392 g/mol. The molecule has 0 fully saturated rings. The minimum absolute atomic E-state index is 0.0291. The summed E-state index contributed by atoms with van der Waals surface area (Å²) in [6, 6.07) is 10.8. The number of nitrogens with one attached hydrogen (secondary N) is 3. The number of halogens is 4. The summed E-state index contributed by atoms with van der Waals surface area (Å²) in [6.07, 6.45) is -4.26. The number of aromatic nitrogens is 2. The van der Waals surface area contributed by atoms with Crippen LogP contribution in [0.3, 0.4) is 0 Å². The summed E-state index contributed by atoms with van der Waals surface area (Å²) in [4.78, 5) is 18.9. The van der Waals surface area contributed by atoms with Gasteiger partial charge in [-0.2, -0.15) is 0 Å². The number of anilines is 2. The second-order valence-corrected chi connectivity index (χ2v) is 5.89. The number of H-pyrrole nitrogens is 1. The standard InChI is InChI=1S/C19H14F4N4O2/c20-12-5-3-6-13(9-12)25-17-14(10-24)18(28)27-16(26-17)8-11-4-1-2-7-15(11)29-19(21,22)23/h1-7,9-10,24H,8H2,(H2,25,26,27,28). The van der Waals surface area contributed by atoms with Crippen molar-refractivity contribution in [3.8, 4) is 5.75 Å². The van der Waals surface area contributed by atoms with Gasteiger partial charge in [0.25, 0.3) is 5.56 Å². The van der Waals surface area contributed by atoms with Crippen molar-refractivity contribution in [3.63, 3.8) is 0 Å². The molecule has 0 unspecified atom stereocenters. The minimum Gasteiger partial charge on any atom is -0.405 e. The first-order chi connectivity index (χ1) is 13.7. The first-order valence-electron chi connectivity index (χ1n) is 8.25. The van der Waals surface area contributed by atoms with Crippen molar-refractivity contribution in [2.45, 2.75) is 12.8 Å². The van der Waals surface area contributed by atoms with E-state index in [-0.39, 0.29) is 34.9 Å². The molecule has 3 aromatic rings. The zero-order valence-electron chi connectivity index (χ0n) is 14.7. The second kappa shape index (κ2) is 8.13. The molecule has 3 rings (SSSR count). The van der Waals surface area contributed by atoms with E-state index in [4.69, 9.17) is 5.41 Å². The number of alkyl halides is 3. The SMILES string of the molecule is N=Cc1c(Nc2cccc(F)c2)nc(Cc2ccccc2OC(F)(F)F)[nH]c1=O. The first kappa shape index (κ1) is 20.1. The fraction of sp³-hybridized carbons (Fsp3) is 0.105. The molecule has 0 aliphatic rings. The van der Waals surface area contributed by atoms with Crippen LogP contribution < -0.4 is 15.6 Å². The summed E-state index contributed by atoms with van der Waals surface area (Å²) < 4.78 is 55.2. The Morgan fingerprint density at radius 1 is 1.17 bits per heavy atom. The Kier molecular flexibility index (Phi) is 5.62. The molecule has 0 radical (unpaired) electrons. The van der Waals surface area contributed by atoms with Crippen LogP contribution in [0.15, 0.2) is 53.3 Å². The average Bonchev–Trinajstić information content (AvgIpc) is 2.62. The molecule has 0 spiro atoms. The normalized spacial score (nSPS) is 11.2. The zero-order chi connectivity index (χ0) is 21.0. The number of nitrogens with zero attached hydrogens (tertiary/aromatic N) is 1. The largest absolute Gasteiger partial charge is 0.573 e. The average molecular weight is 406 g/mol. The van der Waals surface area contributed by atoms with E-state index in [9.17, 15) is 22.4 Å². The van der Waals surface area contributed by atoms with Crippen LogP contribution in [0.4, 0.5) is 29.1 Å². The van der Waals surface area contributed by atoms with Crippen molar-refractivity contribution in [3.05, 3.63) is 81.7 Å². The molecule has 0 aliphatic carbocycles. The number of aromatic amines is 1. The number of para-hydroxylation sites is 1. The van der Waals surface area contributed by atoms with Crippen LogP contribution in [0.2, 0.25) is 0 Å². The Hall–Kier alpha value is -3.69. The fourth-order valence-corrected chi connectivity index (χ4v) is 2.60. The van der Waals surface area contributed by atoms with E-state index in [1.807, 2.05) is 0 Å². The lowest BCUT2D eigenvalue weighted by atomic mass is 10.1. The number of hydrogen-bond donors (Lipinski definition) is 3. The van der Waals surface area contributed by atoms with Gasteiger partial charge in [-0.3, -0.25) is 4.79 Å². The molecule has 29 heavy (non-hydrogen) atoms. The summed E-state index contributed by atoms with van der Waals surface area (Å²) in [5, 5.41) is 10.2. The van der Waals surface area contributed by atoms with E-state index < -0.39 is 23.5 Å². The van der Waals surface area contributed by atoms with Crippen LogP contribution in [-0.4, -0.2) is 22.5 Å². The van der Waals surface area contributed by atoms with Crippen LogP contribution in [0.1, 0.15) is 17.0 Å². The Balaban J connectivity index is 1.97. The van der Waals surface area contributed by atoms with Gasteiger partial charge in [0, 0.05) is 23.9 Å². The molecule has 10 heteroatoms. The van der Waals surface area contributed by atoms with Crippen LogP contribution in [-0.2, 0) is 6.42 Å². The van der Waals surface area contributed by atoms with Crippen LogP contribution >= 0.6 is 0 Å². The number of hydrogen-bond acceptors (Lipinski definition) is 5. The molecule has 6 nitrogen and oxygen atoms in total. The van der Waals surface area contributed by atoms with E-state index >= 15 is 0 Å². The van der Waals surface area contributed by atoms with E-state index in [1.165, 1.54) is 42.5 Å². The Bertz CT molecular complexity index is 1100. The van der Waals surface area contributed by atoms with Crippen LogP contribution in [0, 0.1) is 11.2 Å². The molecule has 0 saturated heterocycles. The maximum Gasteiger partial charge on any atom is 0.573 e. The van der Waals surface area contributed by atoms with Gasteiger partial charge in [0.15, 0.2) is 0 Å². The first-order valence-corrected chi connectivity index (χ1v) is 8.25. The van der Waals surface area contributed by atoms with Gasteiger partial charge < -0.3 is 20.4 Å². The van der Waals surface area contributed by atoms with Crippen molar-refractivity contribution < 1.29 is 22.3 Å². The number of ether oxygens (including phenoxy) is 1. The molecule has 0 amide bonds. The summed E-state index contributed by atoms with van der Waals surface area (Å²) in [5.41, 5.74) is -0.346. The zero-order valence-corrected chi connectivity index (χ0v) is 14.7. The van der Waals surface area contributed by atoms with Gasteiger partial charge in [-0.1, -0.05) is 24.3 Å². The Morgan fingerprint density at radius 3 is 2.62 bits per heavy atom. The lowest BCUT2D eigenvalue weighted by Crippen LogP contribution is -2.20. The van der Waals surface area contributed by atoms with E-state index in [0.717, 1.165) is 12.3 Å². The highest BCUT2D eigenvalue weighted by atomic mass is 19.4. The number of rotatable bonds is 6. The van der Waals surface area contributed by atoms with Gasteiger partial charge in [0.1, 0.15) is 23.2 Å². The Morgan fingerprint density at radius 2 is 1.93 bits per heavy atom. The third-order valence-corrected chi connectivity index (χ3v) is 3.79. The highest BCUT2D eigenvalue weighted by Crippen LogP contribution is 2.27. The summed E-state index contributed by atoms with van der Waals surface area (Å²) in [6.45, 7) is 0. The topological polar surface area (TPSA) is 90.9 Å². The van der Waals surface area contributed by atoms with Gasteiger partial charge in [0.2, 0.25) is 0 Å². The van der Waals surface area contributed by atoms with Gasteiger partial charge in [-0.25, -0.2) is 9.37 Å². The lowest BCUT2D eigenvalue weighted by Gasteiger charge is -2.14. The van der Waals surface area contributed by atoms with Crippen molar-refractivity contribution >= 4 is 17.7 Å². The molecule has 0 atom stereocenters. The lowest BCUT2D eigenvalue weighted by molar-refractivity contribution is -0.274. The van der Waals surface area contributed by atoms with E-state index in [2.05, 4.69) is 20.0 Å². The van der Waals surface area contributed by atoms with Gasteiger partial charge in [0.05, 0.1) is 5.56 Å². The molecule has 3 N–H and O–H groups in total. The van der Waals surface area contributed by atoms with Crippen molar-refractivity contribution in [2.24, 2.45) is 0 Å². The predicted octanol–water partition coefficient (Wildman–Crippen LogP) is 4.14. The molecule has 0 bridgehead atoms. The number of benzene rings is 2. The molecular formula is C19H14F4N4O2. The smallest absolute Gasteiger partial charge is 0.405 e. The summed E-state index contributed by atoms with van der Waals surface area (Å²) in [7, 11) is 0. The Labute approximate surface area is 161 Å². The van der Waals surface area contributed by atoms with E-state index in [1.54, 1.807) is 0 Å². The van der Waals surface area contributed by atoms with Gasteiger partial charge in [-0.15, -0.1) is 13.2 Å². The quantitative estimate of drug-likeness (QED) is 0.424. The molecule has 2 aromatic carbocycles. The fourth-order valence-electron chi connectivity index (χ4n) is 2.60. The van der Waals surface area contributed by atoms with Crippen molar-refractivity contribution in [2.75, 3.05) is 5.32 Å². The highest BCUT2D eigenvalue weighted by molar-refractivity contribution is 5.85. The maximum atomic E-state index is 13.4. The van der Waals surface area contributed by atoms with Crippen LogP contribution in [0.25, 0.3) is 0 Å². The monoisotopic (exact) mass is 406 g/mol. The maximum absolute atomic E-state index is 13.4. The van der Waals surface area contributed by atoms with Gasteiger partial charge in [-0.05, 0) is 24.3 Å². The third-order valence-electron chi connectivity index (χ3n) is 3.79. The molecule has 1 heterocycles. The van der Waals surface area contributed by atoms with Gasteiger partial charge >= 0.3 is 6.36 Å². The molecule has 1 aromatic heterocycles. The highest BCUT2D eigenvalue weighted by Gasteiger charge is 2.32. The third kappa shape index (κ3) is 5.18. The van der Waals surface area contributed by atoms with E-state index in [0.29, 0.717) is 0 Å². The summed E-state index contributed by atoms with van der Waals surface area (Å²) in [5.74, 6) is -0.926.